The first kappa shape index (κ1) is 14.8. The fraction of sp³-hybridized carbons (Fsp3) is 0.286. The molecule has 0 saturated carbocycles. The van der Waals surface area contributed by atoms with E-state index < -0.39 is 12.0 Å². The van der Waals surface area contributed by atoms with Gasteiger partial charge in [0.2, 0.25) is 0 Å². The van der Waals surface area contributed by atoms with E-state index in [-0.39, 0.29) is 6.54 Å². The van der Waals surface area contributed by atoms with Gasteiger partial charge in [0.25, 0.3) is 0 Å². The summed E-state index contributed by atoms with van der Waals surface area (Å²) in [5, 5.41) is 8.34. The highest BCUT2D eigenvalue weighted by Gasteiger charge is 2.22. The highest BCUT2D eigenvalue weighted by molar-refractivity contribution is 5.90. The molecule has 0 bridgehead atoms. The fourth-order valence-corrected chi connectivity index (χ4v) is 2.11. The van der Waals surface area contributed by atoms with Gasteiger partial charge in [-0.25, -0.2) is 4.79 Å². The number of esters is 1. The van der Waals surface area contributed by atoms with Gasteiger partial charge >= 0.3 is 5.97 Å². The minimum absolute atomic E-state index is 0.252. The van der Waals surface area contributed by atoms with E-state index in [0.717, 1.165) is 16.3 Å². The van der Waals surface area contributed by atoms with Gasteiger partial charge < -0.3 is 10.1 Å². The molecule has 108 valence electrons. The molecular weight excluding hydrogens is 270 g/mol. The molecule has 0 fully saturated rings. The summed E-state index contributed by atoms with van der Waals surface area (Å²) >= 11 is 0. The number of methoxy groups -OCH3 is 1. The van der Waals surface area contributed by atoms with Crippen molar-refractivity contribution < 1.29 is 9.53 Å². The maximum absolute atomic E-state index is 12.0. The van der Waals surface area contributed by atoms with Gasteiger partial charge in [-0.2, -0.15) is 0 Å². The fourth-order valence-electron chi connectivity index (χ4n) is 2.11. The molecule has 1 atom stereocenters. The predicted octanol–water partition coefficient (Wildman–Crippen LogP) is 2.35. The summed E-state index contributed by atoms with van der Waals surface area (Å²) in [6.07, 6.45) is 3.39. The lowest BCUT2D eigenvalue weighted by molar-refractivity contribution is -0.143. The van der Waals surface area contributed by atoms with E-state index >= 15 is 0 Å². The van der Waals surface area contributed by atoms with Crippen molar-refractivity contribution in [1.29, 1.82) is 0 Å². The Balaban J connectivity index is 2.34. The van der Waals surface area contributed by atoms with Crippen LogP contribution in [0.25, 0.3) is 21.2 Å². The second-order valence-electron chi connectivity index (χ2n) is 4.31. The van der Waals surface area contributed by atoms with Crippen LogP contribution >= 0.6 is 0 Å². The van der Waals surface area contributed by atoms with E-state index in [1.807, 2.05) is 24.3 Å². The lowest BCUT2D eigenvalue weighted by Gasteiger charge is -2.17. The van der Waals surface area contributed by atoms with Gasteiger partial charge in [-0.1, -0.05) is 29.4 Å². The van der Waals surface area contributed by atoms with Crippen LogP contribution in [0.5, 0.6) is 0 Å². The van der Waals surface area contributed by atoms with Crippen molar-refractivity contribution in [3.05, 3.63) is 52.7 Å². The molecule has 1 unspecified atom stereocenters. The van der Waals surface area contributed by atoms with Crippen molar-refractivity contribution in [3.63, 3.8) is 0 Å². The van der Waals surface area contributed by atoms with Crippen LogP contribution in [0.4, 0.5) is 0 Å². The SMILES string of the molecule is COC(=O)C(NCCN=[N+]=[N-])c1cncc2ccccc12. The number of nitrogens with zero attached hydrogens (tertiary/aromatic N) is 4. The Morgan fingerprint density at radius 1 is 1.48 bits per heavy atom. The van der Waals surface area contributed by atoms with Crippen molar-refractivity contribution in [1.82, 2.24) is 10.3 Å². The molecule has 1 aromatic carbocycles. The highest BCUT2D eigenvalue weighted by atomic mass is 16.5. The highest BCUT2D eigenvalue weighted by Crippen LogP contribution is 2.23. The number of carbonyl (C=O) groups is 1. The Labute approximate surface area is 121 Å². The maximum Gasteiger partial charge on any atom is 0.327 e. The van der Waals surface area contributed by atoms with Gasteiger partial charge in [-0.3, -0.25) is 4.98 Å². The molecule has 0 aliphatic rings. The second-order valence-corrected chi connectivity index (χ2v) is 4.31. The molecule has 7 heteroatoms. The average molecular weight is 285 g/mol. The Morgan fingerprint density at radius 3 is 3.05 bits per heavy atom. The first-order valence-electron chi connectivity index (χ1n) is 6.42. The first-order valence-corrected chi connectivity index (χ1v) is 6.42. The van der Waals surface area contributed by atoms with Gasteiger partial charge in [0.1, 0.15) is 6.04 Å². The number of rotatable bonds is 6. The Bertz CT molecular complexity index is 677. The monoisotopic (exact) mass is 285 g/mol. The van der Waals surface area contributed by atoms with Gasteiger partial charge in [-0.15, -0.1) is 0 Å². The normalized spacial score (nSPS) is 11.7. The number of carbonyl (C=O) groups excluding carboxylic acids is 1. The Hall–Kier alpha value is -2.63. The van der Waals surface area contributed by atoms with Gasteiger partial charge in [0.15, 0.2) is 0 Å². The maximum atomic E-state index is 12.0. The Morgan fingerprint density at radius 2 is 2.29 bits per heavy atom. The number of hydrogen-bond donors (Lipinski definition) is 1. The van der Waals surface area contributed by atoms with Crippen molar-refractivity contribution in [3.8, 4) is 0 Å². The van der Waals surface area contributed by atoms with Crippen LogP contribution in [-0.2, 0) is 9.53 Å². The number of ether oxygens (including phenoxy) is 1. The number of fused-ring (bicyclic) bond motifs is 1. The summed E-state index contributed by atoms with van der Waals surface area (Å²) in [5.41, 5.74) is 9.01. The second kappa shape index (κ2) is 7.23. The van der Waals surface area contributed by atoms with Crippen LogP contribution < -0.4 is 5.32 Å². The standard InChI is InChI=1S/C14H15N5O2/c1-21-14(20)13(17-6-7-18-19-15)12-9-16-8-10-4-2-3-5-11(10)12/h2-5,8-9,13,17H,6-7H2,1H3. The van der Waals surface area contributed by atoms with Crippen molar-refractivity contribution in [2.24, 2.45) is 5.11 Å². The third-order valence-corrected chi connectivity index (χ3v) is 3.07. The molecule has 2 rings (SSSR count). The smallest absolute Gasteiger partial charge is 0.327 e. The van der Waals surface area contributed by atoms with Crippen LogP contribution in [0, 0.1) is 0 Å². The minimum Gasteiger partial charge on any atom is -0.468 e. The summed E-state index contributed by atoms with van der Waals surface area (Å²) in [6.45, 7) is 0.620. The molecule has 1 aromatic heterocycles. The minimum atomic E-state index is -0.650. The third kappa shape index (κ3) is 3.47. The molecule has 0 aliphatic carbocycles. The molecule has 1 heterocycles. The summed E-state index contributed by atoms with van der Waals surface area (Å²) in [7, 11) is 1.34. The molecule has 7 nitrogen and oxygen atoms in total. The van der Waals surface area contributed by atoms with Crippen molar-refractivity contribution >= 4 is 16.7 Å². The quantitative estimate of drug-likeness (QED) is 0.289. The zero-order chi connectivity index (χ0) is 15.1. The summed E-state index contributed by atoms with van der Waals surface area (Å²) in [4.78, 5) is 18.8. The van der Waals surface area contributed by atoms with Crippen molar-refractivity contribution in [2.45, 2.75) is 6.04 Å². The van der Waals surface area contributed by atoms with Crippen LogP contribution in [0.2, 0.25) is 0 Å². The Kier molecular flexibility index (Phi) is 5.09. The van der Waals surface area contributed by atoms with Crippen LogP contribution in [0.3, 0.4) is 0 Å². The van der Waals surface area contributed by atoms with E-state index in [2.05, 4.69) is 20.3 Å². The molecule has 0 aliphatic heterocycles. The number of pyridine rings is 1. The van der Waals surface area contributed by atoms with Crippen LogP contribution in [-0.4, -0.2) is 31.2 Å². The van der Waals surface area contributed by atoms with Gasteiger partial charge in [-0.05, 0) is 10.9 Å². The predicted molar refractivity (Wildman–Crippen MR) is 78.5 cm³/mol. The van der Waals surface area contributed by atoms with Crippen molar-refractivity contribution in [2.75, 3.05) is 20.2 Å². The first-order chi connectivity index (χ1) is 10.3. The molecule has 2 aromatic rings. The van der Waals surface area contributed by atoms with E-state index in [9.17, 15) is 4.79 Å². The molecule has 1 N–H and O–H groups in total. The van der Waals surface area contributed by atoms with E-state index in [1.54, 1.807) is 12.4 Å². The zero-order valence-corrected chi connectivity index (χ0v) is 11.6. The van der Waals surface area contributed by atoms with Gasteiger partial charge in [0, 0.05) is 41.3 Å². The van der Waals surface area contributed by atoms with E-state index in [0.29, 0.717) is 6.54 Å². The zero-order valence-electron chi connectivity index (χ0n) is 11.6. The molecule has 21 heavy (non-hydrogen) atoms. The number of benzene rings is 1. The van der Waals surface area contributed by atoms with E-state index in [4.69, 9.17) is 10.3 Å². The van der Waals surface area contributed by atoms with Gasteiger partial charge in [0.05, 0.1) is 7.11 Å². The van der Waals surface area contributed by atoms with Crippen LogP contribution in [0.15, 0.2) is 41.8 Å². The summed E-state index contributed by atoms with van der Waals surface area (Å²) in [6, 6.07) is 7.02. The topological polar surface area (TPSA) is 100.0 Å². The number of azide groups is 1. The average Bonchev–Trinajstić information content (AvgIpc) is 2.54. The third-order valence-electron chi connectivity index (χ3n) is 3.07. The van der Waals surface area contributed by atoms with Crippen LogP contribution in [0.1, 0.15) is 11.6 Å². The summed E-state index contributed by atoms with van der Waals surface area (Å²) in [5.74, 6) is -0.408. The number of aromatic nitrogens is 1. The lowest BCUT2D eigenvalue weighted by Crippen LogP contribution is -2.31. The lowest BCUT2D eigenvalue weighted by atomic mass is 10.0. The number of hydrogen-bond acceptors (Lipinski definition) is 5. The summed E-state index contributed by atoms with van der Waals surface area (Å²) < 4.78 is 4.84. The molecule has 0 spiro atoms. The molecule has 0 amide bonds. The van der Waals surface area contributed by atoms with E-state index in [1.165, 1.54) is 7.11 Å². The molecular formula is C14H15N5O2. The molecule has 0 saturated heterocycles. The largest absolute Gasteiger partial charge is 0.468 e. The number of nitrogens with one attached hydrogen (secondary N) is 1. The molecule has 0 radical (unpaired) electrons.